The first-order valence-electron chi connectivity index (χ1n) is 8.13. The van der Waals surface area contributed by atoms with E-state index in [0.717, 1.165) is 37.8 Å². The number of halogens is 2. The Morgan fingerprint density at radius 3 is 2.62 bits per heavy atom. The molecule has 1 N–H and O–H groups in total. The molecule has 0 saturated carbocycles. The number of anilines is 1. The first-order chi connectivity index (χ1) is 11.5. The molecule has 0 atom stereocenters. The third kappa shape index (κ3) is 5.18. The monoisotopic (exact) mass is 459 g/mol. The molecule has 0 aliphatic rings. The molecule has 0 aromatic heterocycles. The van der Waals surface area contributed by atoms with Crippen LogP contribution in [0.15, 0.2) is 30.3 Å². The lowest BCUT2D eigenvalue weighted by Gasteiger charge is -2.16. The summed E-state index contributed by atoms with van der Waals surface area (Å²) >= 11 is 8.39. The number of aryl methyl sites for hydroxylation is 1. The van der Waals surface area contributed by atoms with Gasteiger partial charge in [0, 0.05) is 17.3 Å². The molecule has 0 bridgehead atoms. The van der Waals surface area contributed by atoms with Crippen molar-refractivity contribution >= 4 is 39.9 Å². The molecular formula is C19H23ClINO2. The maximum Gasteiger partial charge on any atom is 0.174 e. The summed E-state index contributed by atoms with van der Waals surface area (Å²) in [6, 6.07) is 10.0. The highest BCUT2D eigenvalue weighted by atomic mass is 127. The lowest BCUT2D eigenvalue weighted by molar-refractivity contribution is 0.275. The Bertz CT molecular complexity index is 691. The standard InChI is InChI=1S/C19H23ClINO2/c1-4-8-24-19-16(21)9-14(10-18(19)23-5-2)12-22-17-11-15(20)7-6-13(17)3/h6-7,9-11,22H,4-5,8,12H2,1-3H3. The molecule has 0 spiro atoms. The summed E-state index contributed by atoms with van der Waals surface area (Å²) < 4.78 is 12.7. The zero-order valence-corrected chi connectivity index (χ0v) is 17.2. The molecule has 5 heteroatoms. The van der Waals surface area contributed by atoms with Crippen LogP contribution in [0.3, 0.4) is 0 Å². The second kappa shape index (κ2) is 9.37. The van der Waals surface area contributed by atoms with E-state index in [4.69, 9.17) is 21.1 Å². The Labute approximate surface area is 162 Å². The number of nitrogens with one attached hydrogen (secondary N) is 1. The van der Waals surface area contributed by atoms with Crippen molar-refractivity contribution in [1.29, 1.82) is 0 Å². The van der Waals surface area contributed by atoms with Gasteiger partial charge in [0.1, 0.15) is 0 Å². The molecule has 0 heterocycles. The predicted molar refractivity (Wildman–Crippen MR) is 110 cm³/mol. The van der Waals surface area contributed by atoms with Crippen molar-refractivity contribution in [1.82, 2.24) is 0 Å². The molecule has 0 aliphatic carbocycles. The third-order valence-corrected chi connectivity index (χ3v) is 4.54. The fraction of sp³-hybridized carbons (Fsp3) is 0.368. The molecule has 2 aromatic carbocycles. The largest absolute Gasteiger partial charge is 0.490 e. The Morgan fingerprint density at radius 1 is 1.12 bits per heavy atom. The zero-order valence-electron chi connectivity index (χ0n) is 14.3. The van der Waals surface area contributed by atoms with Gasteiger partial charge < -0.3 is 14.8 Å². The lowest BCUT2D eigenvalue weighted by atomic mass is 10.1. The fourth-order valence-electron chi connectivity index (χ4n) is 2.31. The van der Waals surface area contributed by atoms with Gasteiger partial charge in [0.05, 0.1) is 16.8 Å². The minimum atomic E-state index is 0.614. The molecular weight excluding hydrogens is 437 g/mol. The van der Waals surface area contributed by atoms with Crippen molar-refractivity contribution in [3.05, 3.63) is 50.1 Å². The summed E-state index contributed by atoms with van der Waals surface area (Å²) in [5, 5.41) is 4.18. The van der Waals surface area contributed by atoms with Gasteiger partial charge in [-0.15, -0.1) is 0 Å². The van der Waals surface area contributed by atoms with E-state index in [-0.39, 0.29) is 0 Å². The van der Waals surface area contributed by atoms with Crippen LogP contribution < -0.4 is 14.8 Å². The second-order valence-corrected chi connectivity index (χ2v) is 7.10. The number of ether oxygens (including phenoxy) is 2. The number of hydrogen-bond donors (Lipinski definition) is 1. The van der Waals surface area contributed by atoms with Crippen LogP contribution in [0.25, 0.3) is 0 Å². The van der Waals surface area contributed by atoms with Gasteiger partial charge in [-0.2, -0.15) is 0 Å². The molecule has 0 amide bonds. The average Bonchev–Trinajstić information content (AvgIpc) is 2.55. The van der Waals surface area contributed by atoms with Gasteiger partial charge in [-0.25, -0.2) is 0 Å². The van der Waals surface area contributed by atoms with Gasteiger partial charge in [-0.3, -0.25) is 0 Å². The molecule has 0 radical (unpaired) electrons. The van der Waals surface area contributed by atoms with Crippen molar-refractivity contribution in [2.24, 2.45) is 0 Å². The lowest BCUT2D eigenvalue weighted by Crippen LogP contribution is -2.05. The zero-order chi connectivity index (χ0) is 17.5. The predicted octanol–water partition coefficient (Wildman–Crippen LogP) is 6.05. The minimum Gasteiger partial charge on any atom is -0.490 e. The highest BCUT2D eigenvalue weighted by molar-refractivity contribution is 14.1. The normalized spacial score (nSPS) is 10.5. The average molecular weight is 460 g/mol. The Morgan fingerprint density at radius 2 is 1.92 bits per heavy atom. The molecule has 0 unspecified atom stereocenters. The van der Waals surface area contributed by atoms with E-state index < -0.39 is 0 Å². The number of hydrogen-bond acceptors (Lipinski definition) is 3. The maximum atomic E-state index is 6.08. The fourth-order valence-corrected chi connectivity index (χ4v) is 3.31. The summed E-state index contributed by atoms with van der Waals surface area (Å²) in [6.45, 7) is 8.15. The summed E-state index contributed by atoms with van der Waals surface area (Å²) in [7, 11) is 0. The van der Waals surface area contributed by atoms with Crippen LogP contribution in [0.4, 0.5) is 5.69 Å². The molecule has 2 rings (SSSR count). The van der Waals surface area contributed by atoms with Gasteiger partial charge in [0.25, 0.3) is 0 Å². The summed E-state index contributed by atoms with van der Waals surface area (Å²) in [4.78, 5) is 0. The van der Waals surface area contributed by atoms with E-state index >= 15 is 0 Å². The topological polar surface area (TPSA) is 30.5 Å². The molecule has 0 fully saturated rings. The van der Waals surface area contributed by atoms with Gasteiger partial charge in [0.15, 0.2) is 11.5 Å². The molecule has 0 aliphatic heterocycles. The van der Waals surface area contributed by atoms with Crippen LogP contribution in [0.2, 0.25) is 5.02 Å². The van der Waals surface area contributed by atoms with Crippen molar-refractivity contribution in [2.45, 2.75) is 33.7 Å². The molecule has 130 valence electrons. The molecule has 3 nitrogen and oxygen atoms in total. The van der Waals surface area contributed by atoms with Crippen LogP contribution in [-0.4, -0.2) is 13.2 Å². The summed E-state index contributed by atoms with van der Waals surface area (Å²) in [5.74, 6) is 1.64. The van der Waals surface area contributed by atoms with Crippen molar-refractivity contribution < 1.29 is 9.47 Å². The first kappa shape index (κ1) is 19.2. The van der Waals surface area contributed by atoms with Gasteiger partial charge in [-0.1, -0.05) is 24.6 Å². The van der Waals surface area contributed by atoms with Crippen LogP contribution in [0.5, 0.6) is 11.5 Å². The Balaban J connectivity index is 2.19. The van der Waals surface area contributed by atoms with Gasteiger partial charge in [0.2, 0.25) is 0 Å². The Hall–Kier alpha value is -1.14. The van der Waals surface area contributed by atoms with Crippen molar-refractivity contribution in [3.8, 4) is 11.5 Å². The SMILES string of the molecule is CCCOc1c(I)cc(CNc2cc(Cl)ccc2C)cc1OCC. The second-order valence-electron chi connectivity index (χ2n) is 5.50. The first-order valence-corrected chi connectivity index (χ1v) is 9.58. The van der Waals surface area contributed by atoms with Crippen LogP contribution in [0.1, 0.15) is 31.4 Å². The minimum absolute atomic E-state index is 0.614. The van der Waals surface area contributed by atoms with E-state index in [9.17, 15) is 0 Å². The smallest absolute Gasteiger partial charge is 0.174 e. The molecule has 2 aromatic rings. The number of rotatable bonds is 8. The molecule has 0 saturated heterocycles. The third-order valence-electron chi connectivity index (χ3n) is 3.50. The van der Waals surface area contributed by atoms with Gasteiger partial charge >= 0.3 is 0 Å². The van der Waals surface area contributed by atoms with E-state index in [1.54, 1.807) is 0 Å². The highest BCUT2D eigenvalue weighted by Gasteiger charge is 2.12. The highest BCUT2D eigenvalue weighted by Crippen LogP contribution is 2.34. The Kier molecular flexibility index (Phi) is 7.49. The van der Waals surface area contributed by atoms with E-state index in [0.29, 0.717) is 19.8 Å². The van der Waals surface area contributed by atoms with E-state index in [1.165, 1.54) is 5.56 Å². The van der Waals surface area contributed by atoms with Crippen molar-refractivity contribution in [3.63, 3.8) is 0 Å². The van der Waals surface area contributed by atoms with Crippen LogP contribution in [0, 0.1) is 10.5 Å². The summed E-state index contributed by atoms with van der Waals surface area (Å²) in [6.07, 6.45) is 0.971. The van der Waals surface area contributed by atoms with Gasteiger partial charge in [-0.05, 0) is 78.3 Å². The van der Waals surface area contributed by atoms with Crippen LogP contribution >= 0.6 is 34.2 Å². The quantitative estimate of drug-likeness (QED) is 0.487. The van der Waals surface area contributed by atoms with E-state index in [2.05, 4.69) is 47.8 Å². The van der Waals surface area contributed by atoms with E-state index in [1.807, 2.05) is 31.2 Å². The maximum absolute atomic E-state index is 6.08. The van der Waals surface area contributed by atoms with Crippen molar-refractivity contribution in [2.75, 3.05) is 18.5 Å². The van der Waals surface area contributed by atoms with Crippen LogP contribution in [-0.2, 0) is 6.54 Å². The number of benzene rings is 2. The summed E-state index contributed by atoms with van der Waals surface area (Å²) in [5.41, 5.74) is 3.36. The molecule has 24 heavy (non-hydrogen) atoms.